The van der Waals surface area contributed by atoms with Crippen LogP contribution in [0.5, 0.6) is 0 Å². The number of ether oxygens (including phenoxy) is 1. The molecule has 1 aliphatic rings. The van der Waals surface area contributed by atoms with Gasteiger partial charge in [-0.15, -0.1) is 0 Å². The fourth-order valence-electron chi connectivity index (χ4n) is 3.60. The first-order chi connectivity index (χ1) is 14.9. The molecule has 4 rings (SSSR count). The topological polar surface area (TPSA) is 98.6 Å². The Balaban J connectivity index is 1.53. The molecule has 0 saturated heterocycles. The maximum absolute atomic E-state index is 12.8. The summed E-state index contributed by atoms with van der Waals surface area (Å²) < 4.78 is 6.60. The van der Waals surface area contributed by atoms with E-state index in [0.29, 0.717) is 28.4 Å². The number of rotatable bonds is 6. The highest BCUT2D eigenvalue weighted by Crippen LogP contribution is 2.22. The summed E-state index contributed by atoms with van der Waals surface area (Å²) in [6.45, 7) is 4.01. The second-order valence-corrected chi connectivity index (χ2v) is 7.72. The molecule has 0 fully saturated rings. The van der Waals surface area contributed by atoms with E-state index in [1.165, 1.54) is 4.68 Å². The van der Waals surface area contributed by atoms with Crippen LogP contribution in [0.25, 0.3) is 10.8 Å². The Morgan fingerprint density at radius 1 is 0.935 bits per heavy atom. The number of aromatic nitrogens is 2. The lowest BCUT2D eigenvalue weighted by Crippen LogP contribution is -2.34. The molecule has 0 bridgehead atoms. The monoisotopic (exact) mass is 419 g/mol. The van der Waals surface area contributed by atoms with Crippen LogP contribution in [0.4, 0.5) is 0 Å². The molecule has 0 N–H and O–H groups in total. The molecule has 0 spiro atoms. The minimum Gasteiger partial charge on any atom is -0.459 e. The summed E-state index contributed by atoms with van der Waals surface area (Å²) in [5, 5.41) is 5.02. The molecule has 8 nitrogen and oxygen atoms in total. The SMILES string of the molecule is CC(C)Cn1nc(C(=O)OCCN2C(=O)c3ccccc3C2=O)c2ccccc2c1=O. The summed E-state index contributed by atoms with van der Waals surface area (Å²) >= 11 is 0. The van der Waals surface area contributed by atoms with E-state index in [9.17, 15) is 19.2 Å². The Kier molecular flexibility index (Phi) is 5.37. The summed E-state index contributed by atoms with van der Waals surface area (Å²) in [6, 6.07) is 13.3. The fourth-order valence-corrected chi connectivity index (χ4v) is 3.60. The third kappa shape index (κ3) is 3.72. The van der Waals surface area contributed by atoms with Gasteiger partial charge in [-0.05, 0) is 24.1 Å². The Morgan fingerprint density at radius 3 is 2.13 bits per heavy atom. The van der Waals surface area contributed by atoms with Crippen LogP contribution in [-0.2, 0) is 11.3 Å². The number of hydrogen-bond acceptors (Lipinski definition) is 6. The van der Waals surface area contributed by atoms with E-state index in [-0.39, 0.29) is 30.3 Å². The first kappa shape index (κ1) is 20.5. The number of imide groups is 1. The second-order valence-electron chi connectivity index (χ2n) is 7.72. The molecular weight excluding hydrogens is 398 g/mol. The van der Waals surface area contributed by atoms with E-state index in [0.717, 1.165) is 4.90 Å². The molecule has 158 valence electrons. The van der Waals surface area contributed by atoms with Gasteiger partial charge in [0.2, 0.25) is 0 Å². The van der Waals surface area contributed by atoms with E-state index in [1.54, 1.807) is 48.5 Å². The molecule has 2 aromatic carbocycles. The predicted octanol–water partition coefficient (Wildman–Crippen LogP) is 2.51. The Bertz CT molecular complexity index is 1230. The van der Waals surface area contributed by atoms with Crippen molar-refractivity contribution in [3.05, 3.63) is 75.7 Å². The van der Waals surface area contributed by atoms with E-state index in [4.69, 9.17) is 4.74 Å². The molecule has 1 aliphatic heterocycles. The highest BCUT2D eigenvalue weighted by Gasteiger charge is 2.35. The largest absolute Gasteiger partial charge is 0.459 e. The first-order valence-corrected chi connectivity index (χ1v) is 10.0. The fraction of sp³-hybridized carbons (Fsp3) is 0.261. The van der Waals surface area contributed by atoms with Crippen LogP contribution >= 0.6 is 0 Å². The minimum absolute atomic E-state index is 0.0261. The lowest BCUT2D eigenvalue weighted by molar-refractivity contribution is 0.0415. The molecule has 0 atom stereocenters. The summed E-state index contributed by atoms with van der Waals surface area (Å²) in [5.41, 5.74) is 0.435. The smallest absolute Gasteiger partial charge is 0.359 e. The molecule has 8 heteroatoms. The molecule has 0 radical (unpaired) electrons. The van der Waals surface area contributed by atoms with Gasteiger partial charge in [0.15, 0.2) is 5.69 Å². The average Bonchev–Trinajstić information content (AvgIpc) is 3.00. The number of esters is 1. The number of benzene rings is 2. The van der Waals surface area contributed by atoms with Crippen molar-refractivity contribution in [1.82, 2.24) is 14.7 Å². The van der Waals surface area contributed by atoms with E-state index >= 15 is 0 Å². The molecule has 0 saturated carbocycles. The van der Waals surface area contributed by atoms with Crippen molar-refractivity contribution in [2.24, 2.45) is 5.92 Å². The van der Waals surface area contributed by atoms with Gasteiger partial charge in [0, 0.05) is 11.9 Å². The molecule has 1 aromatic heterocycles. The number of carbonyl (C=O) groups excluding carboxylic acids is 3. The molecule has 2 amide bonds. The number of fused-ring (bicyclic) bond motifs is 2. The normalized spacial score (nSPS) is 13.2. The average molecular weight is 419 g/mol. The zero-order valence-electron chi connectivity index (χ0n) is 17.2. The molecular formula is C23H21N3O5. The summed E-state index contributed by atoms with van der Waals surface area (Å²) in [5.74, 6) is -1.38. The lowest BCUT2D eigenvalue weighted by atomic mass is 10.1. The van der Waals surface area contributed by atoms with Crippen molar-refractivity contribution < 1.29 is 19.1 Å². The molecule has 31 heavy (non-hydrogen) atoms. The van der Waals surface area contributed by atoms with Crippen LogP contribution in [0, 0.1) is 5.92 Å². The number of hydrogen-bond donors (Lipinski definition) is 0. The van der Waals surface area contributed by atoms with Crippen LogP contribution in [0.1, 0.15) is 45.1 Å². The summed E-state index contributed by atoms with van der Waals surface area (Å²) in [7, 11) is 0. The van der Waals surface area contributed by atoms with Gasteiger partial charge >= 0.3 is 5.97 Å². The summed E-state index contributed by atoms with van der Waals surface area (Å²) in [6.07, 6.45) is 0. The van der Waals surface area contributed by atoms with Crippen molar-refractivity contribution in [3.8, 4) is 0 Å². The lowest BCUT2D eigenvalue weighted by Gasteiger charge is -2.15. The van der Waals surface area contributed by atoms with E-state index < -0.39 is 17.8 Å². The van der Waals surface area contributed by atoms with Gasteiger partial charge in [-0.1, -0.05) is 44.2 Å². The van der Waals surface area contributed by atoms with Gasteiger partial charge in [-0.2, -0.15) is 5.10 Å². The first-order valence-electron chi connectivity index (χ1n) is 10.0. The van der Waals surface area contributed by atoms with Gasteiger partial charge in [0.05, 0.1) is 23.1 Å². The van der Waals surface area contributed by atoms with Crippen LogP contribution in [0.3, 0.4) is 0 Å². The van der Waals surface area contributed by atoms with Crippen molar-refractivity contribution in [3.63, 3.8) is 0 Å². The number of carbonyl (C=O) groups is 3. The van der Waals surface area contributed by atoms with Gasteiger partial charge < -0.3 is 4.74 Å². The van der Waals surface area contributed by atoms with Crippen molar-refractivity contribution in [2.75, 3.05) is 13.2 Å². The van der Waals surface area contributed by atoms with Gasteiger partial charge in [-0.25, -0.2) is 9.48 Å². The highest BCUT2D eigenvalue weighted by atomic mass is 16.5. The highest BCUT2D eigenvalue weighted by molar-refractivity contribution is 6.21. The quantitative estimate of drug-likeness (QED) is 0.450. The molecule has 0 aliphatic carbocycles. The number of nitrogens with zero attached hydrogens (tertiary/aromatic N) is 3. The van der Waals surface area contributed by atoms with Gasteiger partial charge in [0.25, 0.3) is 17.4 Å². The zero-order valence-corrected chi connectivity index (χ0v) is 17.2. The van der Waals surface area contributed by atoms with Crippen molar-refractivity contribution in [1.29, 1.82) is 0 Å². The molecule has 2 heterocycles. The molecule has 3 aromatic rings. The van der Waals surface area contributed by atoms with Crippen LogP contribution in [0.15, 0.2) is 53.3 Å². The maximum Gasteiger partial charge on any atom is 0.359 e. The van der Waals surface area contributed by atoms with Gasteiger partial charge in [0.1, 0.15) is 6.61 Å². The Labute approximate surface area is 178 Å². The predicted molar refractivity (Wildman–Crippen MR) is 113 cm³/mol. The zero-order chi connectivity index (χ0) is 22.1. The molecule has 0 unspecified atom stereocenters. The third-order valence-electron chi connectivity index (χ3n) is 5.03. The van der Waals surface area contributed by atoms with Crippen LogP contribution < -0.4 is 5.56 Å². The summed E-state index contributed by atoms with van der Waals surface area (Å²) in [4.78, 5) is 51.4. The van der Waals surface area contributed by atoms with E-state index in [1.807, 2.05) is 13.8 Å². The second kappa shape index (κ2) is 8.14. The number of amides is 2. The van der Waals surface area contributed by atoms with Gasteiger partial charge in [-0.3, -0.25) is 19.3 Å². The van der Waals surface area contributed by atoms with Crippen LogP contribution in [0.2, 0.25) is 0 Å². The third-order valence-corrected chi connectivity index (χ3v) is 5.03. The standard InChI is InChI=1S/C23H21N3O5/c1-14(2)13-26-22(29)16-8-4-3-7-15(16)19(24-26)23(30)31-12-11-25-20(27)17-9-5-6-10-18(17)21(25)28/h3-10,14H,11-13H2,1-2H3. The Hall–Kier alpha value is -3.81. The van der Waals surface area contributed by atoms with Crippen molar-refractivity contribution >= 4 is 28.6 Å². The van der Waals surface area contributed by atoms with E-state index in [2.05, 4.69) is 5.10 Å². The van der Waals surface area contributed by atoms with Crippen LogP contribution in [-0.4, -0.2) is 45.6 Å². The Morgan fingerprint density at radius 2 is 1.52 bits per heavy atom. The maximum atomic E-state index is 12.8. The minimum atomic E-state index is -0.717. The van der Waals surface area contributed by atoms with Crippen molar-refractivity contribution in [2.45, 2.75) is 20.4 Å².